The SMILES string of the molecule is CC(=O)O[C@@H]1[C@@H](OC(C)=O)[C@@H](OCCCO)O[C@H](CO)[C@H]1OC(C)=O. The highest BCUT2D eigenvalue weighted by atomic mass is 16.7. The number of rotatable bonds is 8. The van der Waals surface area contributed by atoms with Gasteiger partial charge in [0.25, 0.3) is 0 Å². The molecule has 1 heterocycles. The Morgan fingerprint density at radius 1 is 0.880 bits per heavy atom. The Morgan fingerprint density at radius 2 is 1.40 bits per heavy atom. The molecule has 25 heavy (non-hydrogen) atoms. The van der Waals surface area contributed by atoms with E-state index in [1.807, 2.05) is 0 Å². The van der Waals surface area contributed by atoms with Gasteiger partial charge in [-0.2, -0.15) is 0 Å². The Morgan fingerprint density at radius 3 is 1.88 bits per heavy atom. The van der Waals surface area contributed by atoms with Crippen molar-refractivity contribution >= 4 is 17.9 Å². The summed E-state index contributed by atoms with van der Waals surface area (Å²) >= 11 is 0. The third kappa shape index (κ3) is 6.58. The van der Waals surface area contributed by atoms with Crippen molar-refractivity contribution in [2.45, 2.75) is 57.9 Å². The predicted molar refractivity (Wildman–Crippen MR) is 80.1 cm³/mol. The van der Waals surface area contributed by atoms with Crippen LogP contribution in [0, 0.1) is 0 Å². The van der Waals surface area contributed by atoms with Gasteiger partial charge < -0.3 is 33.9 Å². The van der Waals surface area contributed by atoms with Gasteiger partial charge in [0.1, 0.15) is 6.10 Å². The Labute approximate surface area is 144 Å². The maximum atomic E-state index is 11.5. The molecular weight excluding hydrogens is 340 g/mol. The number of carbonyl (C=O) groups excluding carboxylic acids is 3. The van der Waals surface area contributed by atoms with E-state index in [0.717, 1.165) is 20.8 Å². The molecule has 0 amide bonds. The first kappa shape index (κ1) is 21.3. The average Bonchev–Trinajstić information content (AvgIpc) is 2.51. The molecule has 10 heteroatoms. The first-order chi connectivity index (χ1) is 11.8. The Bertz CT molecular complexity index is 465. The van der Waals surface area contributed by atoms with Crippen LogP contribution in [0.4, 0.5) is 0 Å². The van der Waals surface area contributed by atoms with E-state index < -0.39 is 55.2 Å². The molecule has 2 N–H and O–H groups in total. The number of hydrogen-bond acceptors (Lipinski definition) is 10. The molecule has 0 unspecified atom stereocenters. The lowest BCUT2D eigenvalue weighted by atomic mass is 9.98. The van der Waals surface area contributed by atoms with Crippen molar-refractivity contribution in [2.75, 3.05) is 19.8 Å². The van der Waals surface area contributed by atoms with Gasteiger partial charge in [-0.25, -0.2) is 0 Å². The number of aliphatic hydroxyl groups is 2. The Hall–Kier alpha value is -1.75. The highest BCUT2D eigenvalue weighted by Gasteiger charge is 2.52. The fraction of sp³-hybridized carbons (Fsp3) is 0.800. The molecule has 0 aliphatic carbocycles. The number of esters is 3. The van der Waals surface area contributed by atoms with Gasteiger partial charge in [-0.15, -0.1) is 0 Å². The largest absolute Gasteiger partial charge is 0.456 e. The maximum absolute atomic E-state index is 11.5. The van der Waals surface area contributed by atoms with Crippen LogP contribution in [0.25, 0.3) is 0 Å². The number of ether oxygens (including phenoxy) is 5. The van der Waals surface area contributed by atoms with Crippen LogP contribution in [0.1, 0.15) is 27.2 Å². The van der Waals surface area contributed by atoms with E-state index in [9.17, 15) is 19.5 Å². The number of hydrogen-bond donors (Lipinski definition) is 2. The predicted octanol–water partition coefficient (Wildman–Crippen LogP) is -1.10. The molecule has 0 aromatic carbocycles. The molecule has 10 nitrogen and oxygen atoms in total. The molecule has 0 saturated carbocycles. The second-order valence-corrected chi connectivity index (χ2v) is 5.40. The van der Waals surface area contributed by atoms with Crippen molar-refractivity contribution in [2.24, 2.45) is 0 Å². The highest BCUT2D eigenvalue weighted by molar-refractivity contribution is 5.68. The van der Waals surface area contributed by atoms with E-state index in [-0.39, 0.29) is 13.2 Å². The fourth-order valence-corrected chi connectivity index (χ4v) is 2.40. The molecule has 0 spiro atoms. The van der Waals surface area contributed by atoms with Crippen LogP contribution in [0.15, 0.2) is 0 Å². The average molecular weight is 364 g/mol. The Kier molecular flexibility index (Phi) is 8.76. The number of aliphatic hydroxyl groups excluding tert-OH is 2. The van der Waals surface area contributed by atoms with Crippen molar-refractivity contribution in [1.29, 1.82) is 0 Å². The second kappa shape index (κ2) is 10.3. The third-order valence-corrected chi connectivity index (χ3v) is 3.26. The molecular formula is C15H24O10. The van der Waals surface area contributed by atoms with Crippen molar-refractivity contribution < 1.29 is 48.3 Å². The van der Waals surface area contributed by atoms with Crippen LogP contribution in [0.2, 0.25) is 0 Å². The summed E-state index contributed by atoms with van der Waals surface area (Å²) in [4.78, 5) is 34.2. The summed E-state index contributed by atoms with van der Waals surface area (Å²) in [6.45, 7) is 2.82. The van der Waals surface area contributed by atoms with Gasteiger partial charge in [0, 0.05) is 27.4 Å². The van der Waals surface area contributed by atoms with Crippen LogP contribution < -0.4 is 0 Å². The molecule has 1 rings (SSSR count). The summed E-state index contributed by atoms with van der Waals surface area (Å²) in [5.74, 6) is -2.08. The summed E-state index contributed by atoms with van der Waals surface area (Å²) in [5, 5.41) is 18.4. The molecule has 1 aliphatic rings. The van der Waals surface area contributed by atoms with Gasteiger partial charge in [-0.1, -0.05) is 0 Å². The minimum Gasteiger partial charge on any atom is -0.456 e. The molecule has 1 saturated heterocycles. The zero-order valence-corrected chi connectivity index (χ0v) is 14.4. The fourth-order valence-electron chi connectivity index (χ4n) is 2.40. The van der Waals surface area contributed by atoms with E-state index in [4.69, 9.17) is 28.8 Å². The van der Waals surface area contributed by atoms with Crippen LogP contribution >= 0.6 is 0 Å². The van der Waals surface area contributed by atoms with Crippen LogP contribution in [0.3, 0.4) is 0 Å². The molecule has 0 bridgehead atoms. The summed E-state index contributed by atoms with van der Waals surface area (Å²) < 4.78 is 26.4. The molecule has 144 valence electrons. The molecule has 0 aromatic heterocycles. The van der Waals surface area contributed by atoms with Crippen molar-refractivity contribution in [3.05, 3.63) is 0 Å². The van der Waals surface area contributed by atoms with Crippen LogP contribution in [-0.2, 0) is 38.1 Å². The van der Waals surface area contributed by atoms with Gasteiger partial charge in [-0.3, -0.25) is 14.4 Å². The summed E-state index contributed by atoms with van der Waals surface area (Å²) in [5.41, 5.74) is 0. The highest BCUT2D eigenvalue weighted by Crippen LogP contribution is 2.29. The zero-order valence-electron chi connectivity index (χ0n) is 14.4. The smallest absolute Gasteiger partial charge is 0.303 e. The monoisotopic (exact) mass is 364 g/mol. The summed E-state index contributed by atoms with van der Waals surface area (Å²) in [7, 11) is 0. The van der Waals surface area contributed by atoms with Crippen LogP contribution in [0.5, 0.6) is 0 Å². The van der Waals surface area contributed by atoms with E-state index in [1.54, 1.807) is 0 Å². The van der Waals surface area contributed by atoms with E-state index in [2.05, 4.69) is 0 Å². The number of carbonyl (C=O) groups is 3. The molecule has 1 fully saturated rings. The van der Waals surface area contributed by atoms with Crippen molar-refractivity contribution in [3.63, 3.8) is 0 Å². The molecule has 0 radical (unpaired) electrons. The summed E-state index contributed by atoms with van der Waals surface area (Å²) in [6.07, 6.45) is -5.57. The second-order valence-electron chi connectivity index (χ2n) is 5.40. The van der Waals surface area contributed by atoms with Crippen molar-refractivity contribution in [1.82, 2.24) is 0 Å². The van der Waals surface area contributed by atoms with Crippen molar-refractivity contribution in [3.8, 4) is 0 Å². The zero-order chi connectivity index (χ0) is 19.0. The van der Waals surface area contributed by atoms with E-state index in [0.29, 0.717) is 6.42 Å². The summed E-state index contributed by atoms with van der Waals surface area (Å²) in [6, 6.07) is 0. The third-order valence-electron chi connectivity index (χ3n) is 3.26. The maximum Gasteiger partial charge on any atom is 0.303 e. The van der Waals surface area contributed by atoms with Gasteiger partial charge >= 0.3 is 17.9 Å². The lowest BCUT2D eigenvalue weighted by Crippen LogP contribution is -2.62. The normalized spacial score (nSPS) is 28.9. The van der Waals surface area contributed by atoms with Gasteiger partial charge in [0.15, 0.2) is 24.6 Å². The van der Waals surface area contributed by atoms with E-state index >= 15 is 0 Å². The van der Waals surface area contributed by atoms with Gasteiger partial charge in [0.2, 0.25) is 0 Å². The molecule has 0 aromatic rings. The minimum absolute atomic E-state index is 0.0715. The minimum atomic E-state index is -1.23. The van der Waals surface area contributed by atoms with Gasteiger partial charge in [-0.05, 0) is 6.42 Å². The van der Waals surface area contributed by atoms with E-state index in [1.165, 1.54) is 0 Å². The topological polar surface area (TPSA) is 138 Å². The standard InChI is InChI=1S/C15H24O10/c1-8(18)22-12-11(7-17)25-15(21-6-4-5-16)14(24-10(3)20)13(12)23-9(2)19/h11-17H,4-7H2,1-3H3/t11-,12-,13+,14-,15+/m1/s1. The lowest BCUT2D eigenvalue weighted by molar-refractivity contribution is -0.307. The van der Waals surface area contributed by atoms with Gasteiger partial charge in [0.05, 0.1) is 13.2 Å². The van der Waals surface area contributed by atoms with Crippen LogP contribution in [-0.4, -0.2) is 78.6 Å². The quantitative estimate of drug-likeness (QED) is 0.310. The Balaban J connectivity index is 3.12. The first-order valence-electron chi connectivity index (χ1n) is 7.80. The molecule has 1 aliphatic heterocycles. The molecule has 5 atom stereocenters. The lowest BCUT2D eigenvalue weighted by Gasteiger charge is -2.43. The first-order valence-corrected chi connectivity index (χ1v) is 7.80.